The van der Waals surface area contributed by atoms with Crippen LogP contribution in [0.2, 0.25) is 0 Å². The third-order valence-corrected chi connectivity index (χ3v) is 4.47. The Bertz CT molecular complexity index is 592. The van der Waals surface area contributed by atoms with Gasteiger partial charge < -0.3 is 9.67 Å². The number of aliphatic hydroxyl groups is 1. The van der Waals surface area contributed by atoms with Crippen molar-refractivity contribution in [1.82, 2.24) is 9.47 Å². The Kier molecular flexibility index (Phi) is 6.17. The van der Waals surface area contributed by atoms with Crippen molar-refractivity contribution in [2.24, 2.45) is 0 Å². The van der Waals surface area contributed by atoms with Gasteiger partial charge in [0.15, 0.2) is 0 Å². The normalized spacial score (nSPS) is 11.2. The SMILES string of the molecule is Cc1csc(=O)n1CCN(CCO)CCc1ccccc1. The van der Waals surface area contributed by atoms with Gasteiger partial charge in [-0.25, -0.2) is 0 Å². The molecule has 2 rings (SSSR count). The lowest BCUT2D eigenvalue weighted by Gasteiger charge is -2.21. The molecule has 0 amide bonds. The summed E-state index contributed by atoms with van der Waals surface area (Å²) in [6.07, 6.45) is 0.957. The average Bonchev–Trinajstić information content (AvgIpc) is 2.82. The highest BCUT2D eigenvalue weighted by atomic mass is 32.1. The summed E-state index contributed by atoms with van der Waals surface area (Å²) in [4.78, 5) is 14.0. The van der Waals surface area contributed by atoms with Crippen LogP contribution in [0.15, 0.2) is 40.5 Å². The fraction of sp³-hybridized carbons (Fsp3) is 0.438. The lowest BCUT2D eigenvalue weighted by atomic mass is 10.1. The number of hydrogen-bond acceptors (Lipinski definition) is 4. The molecule has 0 unspecified atom stereocenters. The molecule has 0 atom stereocenters. The van der Waals surface area contributed by atoms with Crippen LogP contribution >= 0.6 is 11.3 Å². The lowest BCUT2D eigenvalue weighted by Crippen LogP contribution is -2.33. The minimum absolute atomic E-state index is 0.0968. The molecule has 1 heterocycles. The van der Waals surface area contributed by atoms with E-state index in [1.54, 1.807) is 4.57 Å². The van der Waals surface area contributed by atoms with Crippen molar-refractivity contribution in [2.75, 3.05) is 26.2 Å². The average molecular weight is 306 g/mol. The first kappa shape index (κ1) is 15.9. The van der Waals surface area contributed by atoms with Gasteiger partial charge in [0.25, 0.3) is 0 Å². The van der Waals surface area contributed by atoms with Crippen LogP contribution in [0.4, 0.5) is 0 Å². The molecule has 5 heteroatoms. The molecule has 1 aromatic carbocycles. The number of aromatic nitrogens is 1. The van der Waals surface area contributed by atoms with Crippen LogP contribution in [-0.4, -0.2) is 40.8 Å². The first-order valence-corrected chi connectivity index (χ1v) is 8.10. The minimum Gasteiger partial charge on any atom is -0.395 e. The number of aliphatic hydroxyl groups excluding tert-OH is 1. The maximum Gasteiger partial charge on any atom is 0.307 e. The van der Waals surface area contributed by atoms with Crippen molar-refractivity contribution in [2.45, 2.75) is 19.9 Å². The standard InChI is InChI=1S/C16H22N2O2S/c1-14-13-21-16(20)18(14)10-9-17(11-12-19)8-7-15-5-3-2-4-6-15/h2-6,13,19H,7-12H2,1H3. The van der Waals surface area contributed by atoms with Crippen molar-refractivity contribution < 1.29 is 5.11 Å². The third kappa shape index (κ3) is 4.81. The number of thiazole rings is 1. The summed E-state index contributed by atoms with van der Waals surface area (Å²) in [7, 11) is 0. The predicted molar refractivity (Wildman–Crippen MR) is 87.0 cm³/mol. The van der Waals surface area contributed by atoms with E-state index < -0.39 is 0 Å². The van der Waals surface area contributed by atoms with Crippen LogP contribution in [-0.2, 0) is 13.0 Å². The van der Waals surface area contributed by atoms with E-state index in [4.69, 9.17) is 0 Å². The van der Waals surface area contributed by atoms with Crippen molar-refractivity contribution in [1.29, 1.82) is 0 Å². The van der Waals surface area contributed by atoms with Gasteiger partial charge >= 0.3 is 4.87 Å². The van der Waals surface area contributed by atoms with Crippen molar-refractivity contribution >= 4 is 11.3 Å². The first-order chi connectivity index (χ1) is 10.2. The Hall–Kier alpha value is -1.43. The van der Waals surface area contributed by atoms with E-state index in [1.807, 2.05) is 30.5 Å². The summed E-state index contributed by atoms with van der Waals surface area (Å²) < 4.78 is 1.80. The molecular formula is C16H22N2O2S. The molecule has 0 saturated carbocycles. The smallest absolute Gasteiger partial charge is 0.307 e. The van der Waals surface area contributed by atoms with Crippen molar-refractivity contribution in [3.63, 3.8) is 0 Å². The topological polar surface area (TPSA) is 45.5 Å². The van der Waals surface area contributed by atoms with E-state index in [2.05, 4.69) is 17.0 Å². The molecule has 2 aromatic rings. The molecule has 0 bridgehead atoms. The first-order valence-electron chi connectivity index (χ1n) is 7.23. The highest BCUT2D eigenvalue weighted by Crippen LogP contribution is 2.03. The van der Waals surface area contributed by atoms with E-state index in [1.165, 1.54) is 16.9 Å². The summed E-state index contributed by atoms with van der Waals surface area (Å²) in [6.45, 7) is 5.10. The summed E-state index contributed by atoms with van der Waals surface area (Å²) in [6, 6.07) is 10.3. The zero-order valence-corrected chi connectivity index (χ0v) is 13.2. The second kappa shape index (κ2) is 8.12. The molecule has 0 radical (unpaired) electrons. The number of aryl methyl sites for hydroxylation is 1. The molecule has 0 aliphatic rings. The third-order valence-electron chi connectivity index (χ3n) is 3.59. The minimum atomic E-state index is 0.0968. The molecule has 114 valence electrons. The fourth-order valence-electron chi connectivity index (χ4n) is 2.32. The van der Waals surface area contributed by atoms with Gasteiger partial charge in [0.05, 0.1) is 6.61 Å². The van der Waals surface area contributed by atoms with Crippen LogP contribution in [0, 0.1) is 6.92 Å². The van der Waals surface area contributed by atoms with Crippen molar-refractivity contribution in [3.05, 3.63) is 56.6 Å². The summed E-state index contributed by atoms with van der Waals surface area (Å²) in [5.74, 6) is 0. The van der Waals surface area contributed by atoms with Crippen LogP contribution in [0.25, 0.3) is 0 Å². The number of hydrogen-bond donors (Lipinski definition) is 1. The number of benzene rings is 1. The van der Waals surface area contributed by atoms with Gasteiger partial charge in [-0.3, -0.25) is 9.69 Å². The van der Waals surface area contributed by atoms with E-state index in [-0.39, 0.29) is 11.5 Å². The maximum absolute atomic E-state index is 11.7. The van der Waals surface area contributed by atoms with Crippen LogP contribution in [0.5, 0.6) is 0 Å². The fourth-order valence-corrected chi connectivity index (χ4v) is 3.09. The molecule has 4 nitrogen and oxygen atoms in total. The lowest BCUT2D eigenvalue weighted by molar-refractivity contribution is 0.192. The number of rotatable bonds is 8. The molecule has 1 aromatic heterocycles. The molecule has 0 spiro atoms. The predicted octanol–water partition coefficient (Wildman–Crippen LogP) is 1.76. The van der Waals surface area contributed by atoms with Crippen molar-refractivity contribution in [3.8, 4) is 0 Å². The Morgan fingerprint density at radius 3 is 2.57 bits per heavy atom. The Labute approximate surface area is 129 Å². The molecule has 0 fully saturated rings. The summed E-state index contributed by atoms with van der Waals surface area (Å²) in [5.41, 5.74) is 2.31. The molecule has 1 N–H and O–H groups in total. The molecule has 21 heavy (non-hydrogen) atoms. The molecule has 0 aliphatic carbocycles. The monoisotopic (exact) mass is 306 g/mol. The maximum atomic E-state index is 11.7. The Balaban J connectivity index is 1.88. The van der Waals surface area contributed by atoms with E-state index >= 15 is 0 Å². The van der Waals surface area contributed by atoms with Crippen LogP contribution in [0.1, 0.15) is 11.3 Å². The van der Waals surface area contributed by atoms with E-state index in [0.717, 1.165) is 25.2 Å². The number of nitrogens with zero attached hydrogens (tertiary/aromatic N) is 2. The van der Waals surface area contributed by atoms with Gasteiger partial charge in [0.2, 0.25) is 0 Å². The van der Waals surface area contributed by atoms with Gasteiger partial charge in [0, 0.05) is 37.3 Å². The van der Waals surface area contributed by atoms with E-state index in [0.29, 0.717) is 13.1 Å². The Morgan fingerprint density at radius 2 is 1.95 bits per heavy atom. The molecule has 0 aliphatic heterocycles. The summed E-state index contributed by atoms with van der Waals surface area (Å²) in [5, 5.41) is 11.1. The Morgan fingerprint density at radius 1 is 1.19 bits per heavy atom. The van der Waals surface area contributed by atoms with Gasteiger partial charge in [0.1, 0.15) is 0 Å². The molecule has 0 saturated heterocycles. The molecular weight excluding hydrogens is 284 g/mol. The second-order valence-corrected chi connectivity index (χ2v) is 5.92. The zero-order valence-electron chi connectivity index (χ0n) is 12.4. The van der Waals surface area contributed by atoms with Gasteiger partial charge in [-0.2, -0.15) is 0 Å². The summed E-state index contributed by atoms with van der Waals surface area (Å²) >= 11 is 1.25. The van der Waals surface area contributed by atoms with Crippen LogP contribution < -0.4 is 4.87 Å². The van der Waals surface area contributed by atoms with Gasteiger partial charge in [-0.15, -0.1) is 0 Å². The van der Waals surface area contributed by atoms with Crippen LogP contribution in [0.3, 0.4) is 0 Å². The quantitative estimate of drug-likeness (QED) is 0.808. The zero-order chi connectivity index (χ0) is 15.1. The second-order valence-electron chi connectivity index (χ2n) is 5.10. The van der Waals surface area contributed by atoms with E-state index in [9.17, 15) is 9.90 Å². The largest absolute Gasteiger partial charge is 0.395 e. The van der Waals surface area contributed by atoms with Gasteiger partial charge in [-0.05, 0) is 18.9 Å². The highest BCUT2D eigenvalue weighted by Gasteiger charge is 2.08. The van der Waals surface area contributed by atoms with Gasteiger partial charge in [-0.1, -0.05) is 41.7 Å². The highest BCUT2D eigenvalue weighted by molar-refractivity contribution is 7.07.